The van der Waals surface area contributed by atoms with Crippen molar-refractivity contribution in [2.45, 2.75) is 89.8 Å². The SMILES string of the molecule is CC1CC2=C(CC3C(C)(CCC4(O)C(C)(C)C5OC5C(=O)C34C)O2)C(=O)O1. The average Bonchev–Trinajstić information content (AvgIpc) is 3.37. The van der Waals surface area contributed by atoms with E-state index in [1.807, 2.05) is 34.6 Å². The smallest absolute Gasteiger partial charge is 0.337 e. The number of Topliss-reactive ketones (excluding diaryl/α,β-unsaturated/α-hetero) is 1. The van der Waals surface area contributed by atoms with Crippen LogP contribution in [0, 0.1) is 16.7 Å². The lowest BCUT2D eigenvalue weighted by atomic mass is 9.41. The van der Waals surface area contributed by atoms with E-state index in [2.05, 4.69) is 0 Å². The standard InChI is InChI=1S/C21H28O6/c1-10-8-12-11(17(23)25-10)9-13-19(4,27-12)6-7-21(24)18(2,3)16-14(26-16)15(22)20(13,21)5/h10,13-14,16,24H,6-9H2,1-5H3. The number of fused-ring (bicyclic) bond motifs is 4. The summed E-state index contributed by atoms with van der Waals surface area (Å²) in [6.45, 7) is 9.74. The first-order chi connectivity index (χ1) is 12.5. The van der Waals surface area contributed by atoms with Crippen LogP contribution in [-0.2, 0) is 23.8 Å². The van der Waals surface area contributed by atoms with Crippen LogP contribution in [0.3, 0.4) is 0 Å². The molecule has 0 aromatic rings. The zero-order valence-electron chi connectivity index (χ0n) is 16.6. The number of carbonyl (C=O) groups excluding carboxylic acids is 2. The van der Waals surface area contributed by atoms with Crippen molar-refractivity contribution in [1.29, 1.82) is 0 Å². The van der Waals surface area contributed by atoms with E-state index in [1.54, 1.807) is 0 Å². The van der Waals surface area contributed by atoms with Crippen molar-refractivity contribution in [2.24, 2.45) is 16.7 Å². The van der Waals surface area contributed by atoms with E-state index >= 15 is 0 Å². The Kier molecular flexibility index (Phi) is 3.12. The molecule has 3 aliphatic heterocycles. The molecular formula is C21H28O6. The number of epoxide rings is 1. The van der Waals surface area contributed by atoms with Gasteiger partial charge in [-0.3, -0.25) is 4.79 Å². The van der Waals surface area contributed by atoms with Crippen LogP contribution in [0.2, 0.25) is 0 Å². The molecule has 6 heteroatoms. The number of hydrogen-bond acceptors (Lipinski definition) is 6. The van der Waals surface area contributed by atoms with E-state index in [0.717, 1.165) is 0 Å². The molecule has 1 saturated heterocycles. The highest BCUT2D eigenvalue weighted by molar-refractivity contribution is 5.95. The monoisotopic (exact) mass is 376 g/mol. The number of hydrogen-bond donors (Lipinski definition) is 1. The lowest BCUT2D eigenvalue weighted by Gasteiger charge is -2.65. The first-order valence-electron chi connectivity index (χ1n) is 10.00. The first-order valence-corrected chi connectivity index (χ1v) is 10.00. The van der Waals surface area contributed by atoms with Gasteiger partial charge in [-0.2, -0.15) is 0 Å². The topological polar surface area (TPSA) is 85.4 Å². The van der Waals surface area contributed by atoms with Crippen molar-refractivity contribution >= 4 is 11.8 Å². The minimum atomic E-state index is -1.20. The molecule has 0 bridgehead atoms. The summed E-state index contributed by atoms with van der Waals surface area (Å²) >= 11 is 0. The Morgan fingerprint density at radius 3 is 2.48 bits per heavy atom. The predicted molar refractivity (Wildman–Crippen MR) is 94.5 cm³/mol. The number of ketones is 1. The number of ether oxygens (including phenoxy) is 3. The highest BCUT2D eigenvalue weighted by Crippen LogP contribution is 2.69. The number of aliphatic hydroxyl groups is 1. The second kappa shape index (κ2) is 4.77. The van der Waals surface area contributed by atoms with Gasteiger partial charge in [-0.15, -0.1) is 0 Å². The van der Waals surface area contributed by atoms with Gasteiger partial charge in [0.1, 0.15) is 23.6 Å². The Bertz CT molecular complexity index is 798. The maximum atomic E-state index is 13.4. The average molecular weight is 376 g/mol. The second-order valence-corrected chi connectivity index (χ2v) is 10.1. The van der Waals surface area contributed by atoms with Gasteiger partial charge in [0.05, 0.1) is 22.7 Å². The third-order valence-corrected chi connectivity index (χ3v) is 8.44. The van der Waals surface area contributed by atoms with Crippen LogP contribution < -0.4 is 0 Å². The molecule has 0 aromatic heterocycles. The summed E-state index contributed by atoms with van der Waals surface area (Å²) in [4.78, 5) is 25.9. The molecule has 0 spiro atoms. The fourth-order valence-corrected chi connectivity index (χ4v) is 6.64. The second-order valence-electron chi connectivity index (χ2n) is 10.1. The van der Waals surface area contributed by atoms with E-state index < -0.39 is 28.1 Å². The molecule has 5 aliphatic rings. The van der Waals surface area contributed by atoms with Gasteiger partial charge in [0, 0.05) is 17.8 Å². The Morgan fingerprint density at radius 2 is 1.78 bits per heavy atom. The van der Waals surface area contributed by atoms with Gasteiger partial charge in [-0.25, -0.2) is 4.79 Å². The van der Waals surface area contributed by atoms with Crippen LogP contribution in [0.15, 0.2) is 11.3 Å². The van der Waals surface area contributed by atoms with Gasteiger partial charge < -0.3 is 19.3 Å². The van der Waals surface area contributed by atoms with E-state index in [9.17, 15) is 14.7 Å². The highest BCUT2D eigenvalue weighted by atomic mass is 16.6. The molecule has 3 fully saturated rings. The maximum Gasteiger partial charge on any atom is 0.337 e. The summed E-state index contributed by atoms with van der Waals surface area (Å²) in [6.07, 6.45) is 1.19. The zero-order chi connectivity index (χ0) is 19.6. The molecule has 2 aliphatic carbocycles. The molecule has 7 unspecified atom stereocenters. The van der Waals surface area contributed by atoms with Crippen LogP contribution >= 0.6 is 0 Å². The van der Waals surface area contributed by atoms with Gasteiger partial charge >= 0.3 is 5.97 Å². The minimum absolute atomic E-state index is 0.0459. The summed E-state index contributed by atoms with van der Waals surface area (Å²) in [5, 5.41) is 11.9. The molecule has 148 valence electrons. The summed E-state index contributed by atoms with van der Waals surface area (Å²) in [6, 6.07) is 0. The third kappa shape index (κ3) is 1.84. The molecular weight excluding hydrogens is 348 g/mol. The molecule has 0 aromatic carbocycles. The number of carbonyl (C=O) groups is 2. The van der Waals surface area contributed by atoms with Gasteiger partial charge in [-0.05, 0) is 40.0 Å². The molecule has 1 N–H and O–H groups in total. The molecule has 5 rings (SSSR count). The van der Waals surface area contributed by atoms with Gasteiger partial charge in [0.2, 0.25) is 0 Å². The Balaban J connectivity index is 1.64. The maximum absolute atomic E-state index is 13.4. The number of cyclic esters (lactones) is 1. The first kappa shape index (κ1) is 17.7. The van der Waals surface area contributed by atoms with Crippen LogP contribution in [-0.4, -0.2) is 46.4 Å². The minimum Gasteiger partial charge on any atom is -0.491 e. The van der Waals surface area contributed by atoms with Gasteiger partial charge in [-0.1, -0.05) is 13.8 Å². The van der Waals surface area contributed by atoms with E-state index in [4.69, 9.17) is 14.2 Å². The molecule has 6 nitrogen and oxygen atoms in total. The quantitative estimate of drug-likeness (QED) is 0.516. The molecule has 7 atom stereocenters. The fraction of sp³-hybridized carbons (Fsp3) is 0.810. The predicted octanol–water partition coefficient (Wildman–Crippen LogP) is 2.28. The van der Waals surface area contributed by atoms with Crippen LogP contribution in [0.1, 0.15) is 60.3 Å². The van der Waals surface area contributed by atoms with Gasteiger partial charge in [0.25, 0.3) is 0 Å². The molecule has 3 heterocycles. The number of rotatable bonds is 0. The van der Waals surface area contributed by atoms with Crippen molar-refractivity contribution in [2.75, 3.05) is 0 Å². The van der Waals surface area contributed by atoms with E-state index in [-0.39, 0.29) is 29.9 Å². The van der Waals surface area contributed by atoms with E-state index in [0.29, 0.717) is 37.0 Å². The molecule has 2 saturated carbocycles. The van der Waals surface area contributed by atoms with Crippen molar-refractivity contribution in [3.63, 3.8) is 0 Å². The van der Waals surface area contributed by atoms with Crippen molar-refractivity contribution < 1.29 is 28.9 Å². The summed E-state index contributed by atoms with van der Waals surface area (Å²) in [5.74, 6) is -0.00277. The highest BCUT2D eigenvalue weighted by Gasteiger charge is 2.80. The summed E-state index contributed by atoms with van der Waals surface area (Å²) in [7, 11) is 0. The Labute approximate surface area is 159 Å². The summed E-state index contributed by atoms with van der Waals surface area (Å²) in [5.41, 5.74) is -2.84. The van der Waals surface area contributed by atoms with Crippen LogP contribution in [0.5, 0.6) is 0 Å². The van der Waals surface area contributed by atoms with Gasteiger partial charge in [0.15, 0.2) is 5.78 Å². The molecule has 0 radical (unpaired) electrons. The fourth-order valence-electron chi connectivity index (χ4n) is 6.64. The molecule has 27 heavy (non-hydrogen) atoms. The van der Waals surface area contributed by atoms with Crippen molar-refractivity contribution in [3.8, 4) is 0 Å². The molecule has 0 amide bonds. The van der Waals surface area contributed by atoms with E-state index in [1.165, 1.54) is 0 Å². The van der Waals surface area contributed by atoms with Crippen LogP contribution in [0.4, 0.5) is 0 Å². The normalized spacial score (nSPS) is 52.7. The largest absolute Gasteiger partial charge is 0.491 e. The van der Waals surface area contributed by atoms with Crippen molar-refractivity contribution in [3.05, 3.63) is 11.3 Å². The Morgan fingerprint density at radius 1 is 1.07 bits per heavy atom. The number of esters is 1. The lowest BCUT2D eigenvalue weighted by Crippen LogP contribution is -2.74. The van der Waals surface area contributed by atoms with Crippen molar-refractivity contribution in [1.82, 2.24) is 0 Å². The summed E-state index contributed by atoms with van der Waals surface area (Å²) < 4.78 is 17.6. The lowest BCUT2D eigenvalue weighted by molar-refractivity contribution is -0.256. The third-order valence-electron chi connectivity index (χ3n) is 8.44. The zero-order valence-corrected chi connectivity index (χ0v) is 16.6. The van der Waals surface area contributed by atoms with Crippen LogP contribution in [0.25, 0.3) is 0 Å². The Hall–Kier alpha value is -1.40.